The Labute approximate surface area is 231 Å². The van der Waals surface area contributed by atoms with Crippen LogP contribution >= 0.6 is 15.9 Å². The van der Waals surface area contributed by atoms with E-state index in [0.29, 0.717) is 0 Å². The lowest BCUT2D eigenvalue weighted by atomic mass is 10.1. The van der Waals surface area contributed by atoms with E-state index in [-0.39, 0.29) is 30.6 Å². The van der Waals surface area contributed by atoms with E-state index in [2.05, 4.69) is 63.7 Å². The van der Waals surface area contributed by atoms with Crippen molar-refractivity contribution in [2.45, 2.75) is 91.3 Å². The molecule has 9 heteroatoms. The van der Waals surface area contributed by atoms with Gasteiger partial charge in [-0.3, -0.25) is 16.0 Å². The Hall–Kier alpha value is -0.973. The molecule has 0 bridgehead atoms. The molecule has 210 valence electrons. The predicted octanol–water partition coefficient (Wildman–Crippen LogP) is 5.68. The van der Waals surface area contributed by atoms with Crippen molar-refractivity contribution >= 4 is 30.0 Å². The van der Waals surface area contributed by atoms with Gasteiger partial charge in [-0.15, -0.1) is 0 Å². The first-order valence-electron chi connectivity index (χ1n) is 13.6. The molecular weight excluding hydrogens is 534 g/mol. The normalized spacial score (nSPS) is 24.2. The minimum atomic E-state index is -0.819. The fourth-order valence-corrected chi connectivity index (χ4v) is 4.95. The van der Waals surface area contributed by atoms with Crippen molar-refractivity contribution in [2.75, 3.05) is 39.2 Å². The van der Waals surface area contributed by atoms with Gasteiger partial charge in [-0.1, -0.05) is 93.6 Å². The molecule has 2 amide bonds. The number of hydrogen-bond donors (Lipinski definition) is 3. The lowest BCUT2D eigenvalue weighted by Gasteiger charge is -2.49. The Morgan fingerprint density at radius 1 is 1.03 bits per heavy atom. The zero-order chi connectivity index (χ0) is 27.7. The number of benzene rings is 1. The Morgan fingerprint density at radius 3 is 2.19 bits per heavy atom. The summed E-state index contributed by atoms with van der Waals surface area (Å²) < 4.78 is 5.24. The summed E-state index contributed by atoms with van der Waals surface area (Å²) in [4.78, 5) is 16.3. The molecule has 4 unspecified atom stereocenters. The summed E-state index contributed by atoms with van der Waals surface area (Å²) in [7, 11) is 1.06. The van der Waals surface area contributed by atoms with Gasteiger partial charge in [0.25, 0.3) is 0 Å². The van der Waals surface area contributed by atoms with Crippen LogP contribution in [-0.4, -0.2) is 81.5 Å². The summed E-state index contributed by atoms with van der Waals surface area (Å²) in [5, 5.41) is 10.7. The molecular formula is C27H54BrN5O2Si. The molecule has 0 radical (unpaired) electrons. The molecule has 1 aromatic rings. The Balaban J connectivity index is 0.000000695. The maximum Gasteiger partial charge on any atom is 0.322 e. The standard InChI is InChI=1S/C15H21N5O.C7H18OSi.2C2H6.CH3Br/c1-19-14-11(13-16-8-5-9-20(13)15(19)21)17-12(18-14)10-6-3-2-4-7-10;1-5-8-6-7-9(2,3)4;3*1-2/h2-4,6-7,11-14,16-18H,5,8-9H2,1H3;5-7H2,1-4H3;2*1-2H3;1H3. The maximum absolute atomic E-state index is 12.5. The van der Waals surface area contributed by atoms with Gasteiger partial charge in [-0.25, -0.2) is 4.79 Å². The lowest BCUT2D eigenvalue weighted by molar-refractivity contribution is 0.0353. The highest BCUT2D eigenvalue weighted by Crippen LogP contribution is 2.28. The number of nitrogens with zero attached hydrogens (tertiary/aromatic N) is 2. The lowest BCUT2D eigenvalue weighted by Crippen LogP contribution is -2.73. The fraction of sp³-hybridized carbons (Fsp3) is 0.741. The van der Waals surface area contributed by atoms with E-state index in [9.17, 15) is 4.79 Å². The number of fused-ring (bicyclic) bond motifs is 3. The van der Waals surface area contributed by atoms with Gasteiger partial charge in [0.1, 0.15) is 12.3 Å². The summed E-state index contributed by atoms with van der Waals surface area (Å²) in [6, 6.07) is 11.9. The first-order chi connectivity index (χ1) is 17.3. The molecule has 3 aliphatic rings. The molecule has 0 spiro atoms. The minimum absolute atomic E-state index is 0.0227. The summed E-state index contributed by atoms with van der Waals surface area (Å²) in [6.45, 7) is 20.8. The van der Waals surface area contributed by atoms with Crippen LogP contribution in [0.4, 0.5) is 4.79 Å². The summed E-state index contributed by atoms with van der Waals surface area (Å²) >= 11 is 2.94. The van der Waals surface area contributed by atoms with E-state index in [0.717, 1.165) is 32.7 Å². The summed E-state index contributed by atoms with van der Waals surface area (Å²) in [5.41, 5.74) is 1.20. The molecule has 3 saturated heterocycles. The van der Waals surface area contributed by atoms with Crippen molar-refractivity contribution in [3.05, 3.63) is 35.9 Å². The largest absolute Gasteiger partial charge is 0.382 e. The summed E-state index contributed by atoms with van der Waals surface area (Å²) in [5.74, 6) is 1.81. The second-order valence-electron chi connectivity index (χ2n) is 9.49. The minimum Gasteiger partial charge on any atom is -0.382 e. The topological polar surface area (TPSA) is 68.9 Å². The number of nitrogens with one attached hydrogen (secondary N) is 3. The molecule has 0 aromatic heterocycles. The first kappa shape index (κ1) is 35.0. The average Bonchev–Trinajstić information content (AvgIpc) is 3.37. The number of carbonyl (C=O) groups is 1. The van der Waals surface area contributed by atoms with Crippen molar-refractivity contribution in [1.82, 2.24) is 25.8 Å². The van der Waals surface area contributed by atoms with Crippen LogP contribution in [0.2, 0.25) is 25.7 Å². The number of likely N-dealkylation sites (N-methyl/N-ethyl adjacent to an activating group) is 1. The van der Waals surface area contributed by atoms with Crippen molar-refractivity contribution in [3.8, 4) is 0 Å². The van der Waals surface area contributed by atoms with Crippen molar-refractivity contribution in [3.63, 3.8) is 0 Å². The second kappa shape index (κ2) is 19.1. The highest BCUT2D eigenvalue weighted by molar-refractivity contribution is 9.08. The van der Waals surface area contributed by atoms with E-state index in [1.54, 1.807) is 0 Å². The number of urea groups is 1. The van der Waals surface area contributed by atoms with Crippen LogP contribution in [-0.2, 0) is 4.74 Å². The van der Waals surface area contributed by atoms with Crippen LogP contribution in [0.5, 0.6) is 0 Å². The number of carbonyl (C=O) groups excluding carboxylic acids is 1. The van der Waals surface area contributed by atoms with E-state index in [1.807, 2.05) is 75.5 Å². The zero-order valence-electron chi connectivity index (χ0n) is 24.5. The van der Waals surface area contributed by atoms with Gasteiger partial charge in [-0.2, -0.15) is 0 Å². The van der Waals surface area contributed by atoms with Gasteiger partial charge in [0, 0.05) is 34.9 Å². The molecule has 4 atom stereocenters. The van der Waals surface area contributed by atoms with Crippen LogP contribution in [0.25, 0.3) is 0 Å². The number of hydrogen-bond acceptors (Lipinski definition) is 5. The molecule has 36 heavy (non-hydrogen) atoms. The highest BCUT2D eigenvalue weighted by Gasteiger charge is 2.50. The summed E-state index contributed by atoms with van der Waals surface area (Å²) in [6.07, 6.45) is 1.20. The van der Waals surface area contributed by atoms with E-state index in [4.69, 9.17) is 4.74 Å². The number of ether oxygens (including phenoxy) is 1. The molecule has 3 heterocycles. The SMILES string of the molecule is CBr.CC.CC.CCOCC[Si](C)(C)C.CN1C(=O)N2CCCNC2C2NC(c3ccccc3)NC21. The average molecular weight is 589 g/mol. The Kier molecular flexibility index (Phi) is 18.6. The van der Waals surface area contributed by atoms with Gasteiger partial charge in [0.05, 0.1) is 12.2 Å². The number of amides is 2. The third-order valence-electron chi connectivity index (χ3n) is 5.94. The third kappa shape index (κ3) is 10.8. The monoisotopic (exact) mass is 587 g/mol. The van der Waals surface area contributed by atoms with Crippen LogP contribution in [0.1, 0.15) is 52.8 Å². The van der Waals surface area contributed by atoms with E-state index < -0.39 is 8.07 Å². The van der Waals surface area contributed by atoms with Crippen LogP contribution < -0.4 is 16.0 Å². The molecule has 3 fully saturated rings. The maximum atomic E-state index is 12.5. The first-order valence-corrected chi connectivity index (χ1v) is 18.9. The molecule has 4 rings (SSSR count). The van der Waals surface area contributed by atoms with Crippen molar-refractivity contribution in [2.24, 2.45) is 0 Å². The van der Waals surface area contributed by atoms with E-state index >= 15 is 0 Å². The molecule has 0 aliphatic carbocycles. The van der Waals surface area contributed by atoms with Crippen LogP contribution in [0, 0.1) is 0 Å². The van der Waals surface area contributed by atoms with Gasteiger partial charge < -0.3 is 14.5 Å². The van der Waals surface area contributed by atoms with Gasteiger partial charge >= 0.3 is 6.03 Å². The van der Waals surface area contributed by atoms with Crippen LogP contribution in [0.3, 0.4) is 0 Å². The molecule has 0 saturated carbocycles. The molecule has 3 aliphatic heterocycles. The predicted molar refractivity (Wildman–Crippen MR) is 161 cm³/mol. The second-order valence-corrected chi connectivity index (χ2v) is 15.1. The smallest absolute Gasteiger partial charge is 0.322 e. The molecule has 7 nitrogen and oxygen atoms in total. The van der Waals surface area contributed by atoms with Gasteiger partial charge in [0.2, 0.25) is 0 Å². The Morgan fingerprint density at radius 2 is 1.64 bits per heavy atom. The highest BCUT2D eigenvalue weighted by atomic mass is 79.9. The zero-order valence-corrected chi connectivity index (χ0v) is 27.1. The third-order valence-corrected chi connectivity index (χ3v) is 7.64. The van der Waals surface area contributed by atoms with E-state index in [1.165, 1.54) is 11.6 Å². The van der Waals surface area contributed by atoms with Gasteiger partial charge in [0.15, 0.2) is 0 Å². The quantitative estimate of drug-likeness (QED) is 0.235. The fourth-order valence-electron chi connectivity index (χ4n) is 4.19. The molecule has 3 N–H and O–H groups in total. The Bertz CT molecular complexity index is 692. The number of alkyl halides is 1. The van der Waals surface area contributed by atoms with Crippen molar-refractivity contribution in [1.29, 1.82) is 0 Å². The molecule has 1 aromatic carbocycles. The van der Waals surface area contributed by atoms with Crippen LogP contribution in [0.15, 0.2) is 30.3 Å². The van der Waals surface area contributed by atoms with Gasteiger partial charge in [-0.05, 0) is 37.3 Å². The van der Waals surface area contributed by atoms with Crippen molar-refractivity contribution < 1.29 is 9.53 Å². The number of halogens is 1. The number of rotatable bonds is 5.